The van der Waals surface area contributed by atoms with Crippen molar-refractivity contribution < 1.29 is 14.6 Å². The molecule has 13 heavy (non-hydrogen) atoms. The third-order valence-electron chi connectivity index (χ3n) is 1.97. The molecule has 0 aliphatic carbocycles. The zero-order valence-corrected chi connectivity index (χ0v) is 7.86. The molecule has 0 radical (unpaired) electrons. The molecule has 0 bridgehead atoms. The van der Waals surface area contributed by atoms with Crippen molar-refractivity contribution in [1.82, 2.24) is 4.90 Å². The van der Waals surface area contributed by atoms with E-state index in [2.05, 4.69) is 4.99 Å². The summed E-state index contributed by atoms with van der Waals surface area (Å²) in [5.41, 5.74) is 0. The van der Waals surface area contributed by atoms with Crippen LogP contribution in [-0.4, -0.2) is 47.7 Å². The molecule has 0 fully saturated rings. The largest absolute Gasteiger partial charge is 0.480 e. The molecule has 0 saturated heterocycles. The van der Waals surface area contributed by atoms with Crippen LogP contribution >= 0.6 is 0 Å². The molecule has 0 aromatic heterocycles. The van der Waals surface area contributed by atoms with Gasteiger partial charge in [0.25, 0.3) is 0 Å². The molecule has 5 nitrogen and oxygen atoms in total. The Morgan fingerprint density at radius 1 is 1.85 bits per heavy atom. The van der Waals surface area contributed by atoms with Crippen molar-refractivity contribution in [3.63, 3.8) is 0 Å². The van der Waals surface area contributed by atoms with Crippen LogP contribution in [0.15, 0.2) is 4.99 Å². The van der Waals surface area contributed by atoms with E-state index in [9.17, 15) is 4.79 Å². The Morgan fingerprint density at radius 2 is 2.54 bits per heavy atom. The molecule has 1 unspecified atom stereocenters. The van der Waals surface area contributed by atoms with E-state index in [0.717, 1.165) is 0 Å². The van der Waals surface area contributed by atoms with Gasteiger partial charge in [0.2, 0.25) is 5.90 Å². The summed E-state index contributed by atoms with van der Waals surface area (Å²) in [4.78, 5) is 16.2. The zero-order valence-electron chi connectivity index (χ0n) is 7.86. The number of carbonyl (C=O) groups is 1. The van der Waals surface area contributed by atoms with Gasteiger partial charge in [-0.3, -0.25) is 9.89 Å². The van der Waals surface area contributed by atoms with Gasteiger partial charge in [-0.1, -0.05) is 0 Å². The quantitative estimate of drug-likeness (QED) is 0.659. The summed E-state index contributed by atoms with van der Waals surface area (Å²) in [5.74, 6) is 0.524. The molecule has 0 spiro atoms. The number of hydrogen-bond donors (Lipinski definition) is 1. The van der Waals surface area contributed by atoms with Crippen molar-refractivity contribution in [2.24, 2.45) is 4.99 Å². The van der Waals surface area contributed by atoms with Gasteiger partial charge < -0.3 is 9.84 Å². The van der Waals surface area contributed by atoms with Crippen molar-refractivity contribution in [3.8, 4) is 0 Å². The Balaban J connectivity index is 2.67. The molecule has 1 aliphatic rings. The Bertz CT molecular complexity index is 227. The molecule has 1 heterocycles. The van der Waals surface area contributed by atoms with Gasteiger partial charge in [0, 0.05) is 6.54 Å². The minimum absolute atomic E-state index is 0.258. The van der Waals surface area contributed by atoms with E-state index in [1.54, 1.807) is 6.92 Å². The molecule has 1 N–H and O–H groups in total. The Kier molecular flexibility index (Phi) is 3.11. The van der Waals surface area contributed by atoms with E-state index in [4.69, 9.17) is 9.84 Å². The van der Waals surface area contributed by atoms with Gasteiger partial charge in [-0.15, -0.1) is 0 Å². The van der Waals surface area contributed by atoms with Crippen molar-refractivity contribution in [2.45, 2.75) is 19.9 Å². The van der Waals surface area contributed by atoms with E-state index in [1.807, 2.05) is 6.92 Å². The highest BCUT2D eigenvalue weighted by molar-refractivity contribution is 5.85. The van der Waals surface area contributed by atoms with Gasteiger partial charge in [-0.2, -0.15) is 0 Å². The molecule has 0 aromatic carbocycles. The number of amides is 1. The van der Waals surface area contributed by atoms with Crippen LogP contribution in [0.2, 0.25) is 0 Å². The monoisotopic (exact) mass is 186 g/mol. The Hall–Kier alpha value is -1.26. The topological polar surface area (TPSA) is 62.1 Å². The Morgan fingerprint density at radius 3 is 3.08 bits per heavy atom. The third-order valence-corrected chi connectivity index (χ3v) is 1.97. The lowest BCUT2D eigenvalue weighted by Gasteiger charge is -2.30. The predicted molar refractivity (Wildman–Crippen MR) is 48.1 cm³/mol. The zero-order chi connectivity index (χ0) is 9.84. The predicted octanol–water partition coefficient (Wildman–Crippen LogP) is 0.804. The van der Waals surface area contributed by atoms with Crippen LogP contribution in [0, 0.1) is 0 Å². The number of nitrogens with zero attached hydrogens (tertiary/aromatic N) is 2. The van der Waals surface area contributed by atoms with Crippen molar-refractivity contribution >= 4 is 12.0 Å². The van der Waals surface area contributed by atoms with Crippen molar-refractivity contribution in [1.29, 1.82) is 0 Å². The van der Waals surface area contributed by atoms with Gasteiger partial charge in [0.05, 0.1) is 13.2 Å². The fourth-order valence-electron chi connectivity index (χ4n) is 1.30. The standard InChI is InChI=1S/C8H14N2O3/c1-3-13-7-6(2)10(8(11)12)5-4-9-7/h6H,3-5H2,1-2H3,(H,11,12). The van der Waals surface area contributed by atoms with Gasteiger partial charge in [-0.05, 0) is 13.8 Å². The number of carboxylic acid groups (broad SMARTS) is 1. The average Bonchev–Trinajstić information content (AvgIpc) is 2.08. The minimum atomic E-state index is -0.917. The second kappa shape index (κ2) is 4.11. The van der Waals surface area contributed by atoms with Crippen LogP contribution in [0.1, 0.15) is 13.8 Å². The van der Waals surface area contributed by atoms with Crippen LogP contribution in [-0.2, 0) is 4.74 Å². The molecule has 1 rings (SSSR count). The first-order valence-corrected chi connectivity index (χ1v) is 4.33. The molecule has 0 saturated carbocycles. The first-order valence-electron chi connectivity index (χ1n) is 4.33. The van der Waals surface area contributed by atoms with Gasteiger partial charge in [-0.25, -0.2) is 4.79 Å². The molecule has 1 amide bonds. The van der Waals surface area contributed by atoms with Crippen LogP contribution in [0.3, 0.4) is 0 Å². The lowest BCUT2D eigenvalue weighted by atomic mass is 10.2. The maximum atomic E-state index is 10.7. The second-order valence-electron chi connectivity index (χ2n) is 2.80. The minimum Gasteiger partial charge on any atom is -0.480 e. The van der Waals surface area contributed by atoms with Gasteiger partial charge in [0.15, 0.2) is 0 Å². The van der Waals surface area contributed by atoms with Crippen LogP contribution in [0.25, 0.3) is 0 Å². The van der Waals surface area contributed by atoms with E-state index >= 15 is 0 Å². The summed E-state index contributed by atoms with van der Waals surface area (Å²) in [5, 5.41) is 8.81. The fourth-order valence-corrected chi connectivity index (χ4v) is 1.30. The van der Waals surface area contributed by atoms with E-state index in [0.29, 0.717) is 25.6 Å². The first kappa shape index (κ1) is 9.83. The number of aliphatic imine (C=N–C) groups is 1. The SMILES string of the molecule is CCOC1=NCCN(C(=O)O)C1C. The summed E-state index contributed by atoms with van der Waals surface area (Å²) in [6.45, 7) is 5.10. The van der Waals surface area contributed by atoms with Crippen LogP contribution < -0.4 is 0 Å². The summed E-state index contributed by atoms with van der Waals surface area (Å²) in [6.07, 6.45) is -0.917. The molecular formula is C8H14N2O3. The lowest BCUT2D eigenvalue weighted by Crippen LogP contribution is -2.47. The highest BCUT2D eigenvalue weighted by atomic mass is 16.5. The van der Waals surface area contributed by atoms with E-state index in [-0.39, 0.29) is 6.04 Å². The number of hydrogen-bond acceptors (Lipinski definition) is 3. The van der Waals surface area contributed by atoms with Crippen molar-refractivity contribution in [2.75, 3.05) is 19.7 Å². The molecule has 0 aromatic rings. The number of rotatable bonds is 1. The first-order chi connectivity index (χ1) is 6.16. The third kappa shape index (κ3) is 2.11. The van der Waals surface area contributed by atoms with Gasteiger partial charge in [0.1, 0.15) is 6.04 Å². The molecule has 74 valence electrons. The maximum Gasteiger partial charge on any atom is 0.408 e. The maximum absolute atomic E-state index is 10.7. The van der Waals surface area contributed by atoms with Crippen molar-refractivity contribution in [3.05, 3.63) is 0 Å². The van der Waals surface area contributed by atoms with Gasteiger partial charge >= 0.3 is 6.09 Å². The summed E-state index contributed by atoms with van der Waals surface area (Å²) in [6, 6.07) is -0.258. The average molecular weight is 186 g/mol. The molecule has 1 aliphatic heterocycles. The fraction of sp³-hybridized carbons (Fsp3) is 0.750. The Labute approximate surface area is 77.0 Å². The second-order valence-corrected chi connectivity index (χ2v) is 2.80. The summed E-state index contributed by atoms with van der Waals surface area (Å²) in [7, 11) is 0. The van der Waals surface area contributed by atoms with Crippen LogP contribution in [0.4, 0.5) is 4.79 Å². The van der Waals surface area contributed by atoms with E-state index < -0.39 is 6.09 Å². The normalized spacial score (nSPS) is 22.5. The number of ether oxygens (including phenoxy) is 1. The lowest BCUT2D eigenvalue weighted by molar-refractivity contribution is 0.131. The smallest absolute Gasteiger partial charge is 0.408 e. The summed E-state index contributed by atoms with van der Waals surface area (Å²) >= 11 is 0. The molecular weight excluding hydrogens is 172 g/mol. The highest BCUT2D eigenvalue weighted by Gasteiger charge is 2.27. The van der Waals surface area contributed by atoms with Crippen LogP contribution in [0.5, 0.6) is 0 Å². The molecule has 1 atom stereocenters. The summed E-state index contributed by atoms with van der Waals surface area (Å²) < 4.78 is 5.22. The molecule has 5 heteroatoms. The highest BCUT2D eigenvalue weighted by Crippen LogP contribution is 2.08. The van der Waals surface area contributed by atoms with E-state index in [1.165, 1.54) is 4.90 Å².